The second-order valence-corrected chi connectivity index (χ2v) is 8.32. The molecule has 3 aromatic rings. The number of aliphatic hydroxyl groups is 1. The molecule has 0 amide bonds. The lowest BCUT2D eigenvalue weighted by atomic mass is 9.94. The summed E-state index contributed by atoms with van der Waals surface area (Å²) in [5, 5.41) is 15.9. The van der Waals surface area contributed by atoms with Gasteiger partial charge in [0.15, 0.2) is 0 Å². The predicted molar refractivity (Wildman–Crippen MR) is 120 cm³/mol. The Labute approximate surface area is 171 Å². The first-order chi connectivity index (χ1) is 13.1. The highest BCUT2D eigenvalue weighted by Crippen LogP contribution is 2.34. The van der Waals surface area contributed by atoms with Gasteiger partial charge in [0.25, 0.3) is 0 Å². The Morgan fingerprint density at radius 2 is 1.59 bits per heavy atom. The van der Waals surface area contributed by atoms with E-state index in [2.05, 4.69) is 83.2 Å². The monoisotopic (exact) mass is 427 g/mol. The fourth-order valence-electron chi connectivity index (χ4n) is 3.78. The molecular weight excluding hydrogens is 398 g/mol. The third-order valence-electron chi connectivity index (χ3n) is 5.30. The molecule has 0 aliphatic carbocycles. The van der Waals surface area contributed by atoms with E-state index in [1.807, 2.05) is 0 Å². The van der Waals surface area contributed by atoms with E-state index in [0.29, 0.717) is 6.54 Å². The average molecular weight is 428 g/mol. The van der Waals surface area contributed by atoms with Crippen LogP contribution < -0.4 is 0 Å². The summed E-state index contributed by atoms with van der Waals surface area (Å²) >= 11 is 3.61. The first kappa shape index (κ1) is 20.3. The minimum atomic E-state index is -0.480. The van der Waals surface area contributed by atoms with Gasteiger partial charge in [-0.3, -0.25) is 0 Å². The number of rotatable bonds is 9. The van der Waals surface area contributed by atoms with Crippen LogP contribution in [0.4, 0.5) is 0 Å². The van der Waals surface area contributed by atoms with Crippen LogP contribution in [0.2, 0.25) is 0 Å². The number of nitrogens with zero attached hydrogens (tertiary/aromatic N) is 1. The molecule has 3 aromatic carbocycles. The van der Waals surface area contributed by atoms with E-state index in [-0.39, 0.29) is 0 Å². The molecule has 0 heterocycles. The SMILES string of the molecule is CCCCN(CCCC)CC(O)c1cc2ccccc2c2cc(Br)ccc12. The van der Waals surface area contributed by atoms with Gasteiger partial charge in [-0.1, -0.05) is 73.0 Å². The molecule has 0 radical (unpaired) electrons. The van der Waals surface area contributed by atoms with E-state index in [0.717, 1.165) is 28.5 Å². The molecule has 3 heteroatoms. The smallest absolute Gasteiger partial charge is 0.0923 e. The molecule has 0 saturated heterocycles. The summed E-state index contributed by atoms with van der Waals surface area (Å²) in [6.07, 6.45) is 4.26. The van der Waals surface area contributed by atoms with Crippen molar-refractivity contribution >= 4 is 37.5 Å². The summed E-state index contributed by atoms with van der Waals surface area (Å²) in [5.41, 5.74) is 1.04. The molecule has 1 N–H and O–H groups in total. The lowest BCUT2D eigenvalue weighted by Crippen LogP contribution is -2.30. The summed E-state index contributed by atoms with van der Waals surface area (Å²) in [4.78, 5) is 2.43. The van der Waals surface area contributed by atoms with E-state index in [4.69, 9.17) is 0 Å². The second-order valence-electron chi connectivity index (χ2n) is 7.40. The van der Waals surface area contributed by atoms with Gasteiger partial charge in [-0.25, -0.2) is 0 Å². The lowest BCUT2D eigenvalue weighted by molar-refractivity contribution is 0.112. The molecule has 0 aliphatic rings. The van der Waals surface area contributed by atoms with Gasteiger partial charge in [-0.2, -0.15) is 0 Å². The van der Waals surface area contributed by atoms with Crippen LogP contribution in [0.25, 0.3) is 21.5 Å². The standard InChI is InChI=1S/C24H30BrNO/c1-3-5-13-26(14-6-4-2)17-24(27)23-15-18-9-7-8-10-20(18)22-16-19(25)11-12-21(22)23/h7-12,15-16,24,27H,3-6,13-14,17H2,1-2H3. The zero-order chi connectivity index (χ0) is 19.2. The fourth-order valence-corrected chi connectivity index (χ4v) is 4.14. The summed E-state index contributed by atoms with van der Waals surface area (Å²) < 4.78 is 1.07. The third kappa shape index (κ3) is 4.90. The molecular formula is C24H30BrNO. The van der Waals surface area contributed by atoms with Crippen molar-refractivity contribution in [2.75, 3.05) is 19.6 Å². The highest BCUT2D eigenvalue weighted by atomic mass is 79.9. The van der Waals surface area contributed by atoms with Gasteiger partial charge < -0.3 is 10.0 Å². The van der Waals surface area contributed by atoms with Gasteiger partial charge in [0, 0.05) is 11.0 Å². The number of unbranched alkanes of at least 4 members (excludes halogenated alkanes) is 2. The van der Waals surface area contributed by atoms with Crippen molar-refractivity contribution in [3.05, 3.63) is 58.6 Å². The third-order valence-corrected chi connectivity index (χ3v) is 5.79. The Balaban J connectivity index is 1.98. The van der Waals surface area contributed by atoms with E-state index >= 15 is 0 Å². The Hall–Kier alpha value is -1.42. The second kappa shape index (κ2) is 9.68. The highest BCUT2D eigenvalue weighted by Gasteiger charge is 2.17. The van der Waals surface area contributed by atoms with Crippen molar-refractivity contribution in [1.29, 1.82) is 0 Å². The van der Waals surface area contributed by atoms with E-state index in [9.17, 15) is 5.11 Å². The normalized spacial score (nSPS) is 12.9. The largest absolute Gasteiger partial charge is 0.387 e. The Morgan fingerprint density at radius 1 is 0.889 bits per heavy atom. The maximum Gasteiger partial charge on any atom is 0.0923 e. The van der Waals surface area contributed by atoms with Crippen molar-refractivity contribution in [3.63, 3.8) is 0 Å². The van der Waals surface area contributed by atoms with Crippen molar-refractivity contribution in [3.8, 4) is 0 Å². The van der Waals surface area contributed by atoms with Crippen molar-refractivity contribution in [1.82, 2.24) is 4.90 Å². The van der Waals surface area contributed by atoms with E-state index < -0.39 is 6.10 Å². The fraction of sp³-hybridized carbons (Fsp3) is 0.417. The number of halogens is 1. The first-order valence-corrected chi connectivity index (χ1v) is 10.9. The van der Waals surface area contributed by atoms with Gasteiger partial charge in [0.1, 0.15) is 0 Å². The maximum absolute atomic E-state index is 11.2. The maximum atomic E-state index is 11.2. The summed E-state index contributed by atoms with van der Waals surface area (Å²) in [7, 11) is 0. The number of benzene rings is 3. The topological polar surface area (TPSA) is 23.5 Å². The molecule has 0 saturated carbocycles. The zero-order valence-electron chi connectivity index (χ0n) is 16.4. The molecule has 1 atom stereocenters. The molecule has 0 aromatic heterocycles. The van der Waals surface area contributed by atoms with Gasteiger partial charge >= 0.3 is 0 Å². The van der Waals surface area contributed by atoms with Crippen molar-refractivity contribution in [2.24, 2.45) is 0 Å². The Bertz CT molecular complexity index is 884. The molecule has 3 rings (SSSR count). The molecule has 0 fully saturated rings. The Morgan fingerprint density at radius 3 is 2.30 bits per heavy atom. The number of aliphatic hydroxyl groups excluding tert-OH is 1. The molecule has 1 unspecified atom stereocenters. The number of fused-ring (bicyclic) bond motifs is 3. The molecule has 2 nitrogen and oxygen atoms in total. The molecule has 0 bridgehead atoms. The average Bonchev–Trinajstić information content (AvgIpc) is 2.69. The Kier molecular flexibility index (Phi) is 7.28. The van der Waals surface area contributed by atoms with Crippen molar-refractivity contribution < 1.29 is 5.11 Å². The minimum absolute atomic E-state index is 0.480. The first-order valence-electron chi connectivity index (χ1n) is 10.1. The van der Waals surface area contributed by atoms with Crippen LogP contribution >= 0.6 is 15.9 Å². The molecule has 27 heavy (non-hydrogen) atoms. The van der Waals surface area contributed by atoms with Crippen LogP contribution in [0.3, 0.4) is 0 Å². The van der Waals surface area contributed by atoms with Gasteiger partial charge in [0.05, 0.1) is 6.10 Å². The van der Waals surface area contributed by atoms with Crippen molar-refractivity contribution in [2.45, 2.75) is 45.6 Å². The van der Waals surface area contributed by atoms with Gasteiger partial charge in [-0.15, -0.1) is 0 Å². The van der Waals surface area contributed by atoms with E-state index in [1.165, 1.54) is 41.8 Å². The van der Waals surface area contributed by atoms with Crippen LogP contribution in [0.5, 0.6) is 0 Å². The van der Waals surface area contributed by atoms with E-state index in [1.54, 1.807) is 0 Å². The number of hydrogen-bond acceptors (Lipinski definition) is 2. The quantitative estimate of drug-likeness (QED) is 0.384. The van der Waals surface area contributed by atoms with Gasteiger partial charge in [0.2, 0.25) is 0 Å². The molecule has 144 valence electrons. The van der Waals surface area contributed by atoms with Crippen LogP contribution in [-0.2, 0) is 0 Å². The predicted octanol–water partition coefficient (Wildman–Crippen LogP) is 6.69. The summed E-state index contributed by atoms with van der Waals surface area (Å²) in [5.74, 6) is 0. The lowest BCUT2D eigenvalue weighted by Gasteiger charge is -2.26. The van der Waals surface area contributed by atoms with Crippen LogP contribution in [0.1, 0.15) is 51.2 Å². The molecule has 0 aliphatic heterocycles. The summed E-state index contributed by atoms with van der Waals surface area (Å²) in [6, 6.07) is 17.0. The van der Waals surface area contributed by atoms with Gasteiger partial charge in [-0.05, 0) is 71.2 Å². The van der Waals surface area contributed by atoms with Crippen LogP contribution in [-0.4, -0.2) is 29.6 Å². The number of hydrogen-bond donors (Lipinski definition) is 1. The summed E-state index contributed by atoms with van der Waals surface area (Å²) in [6.45, 7) is 7.27. The van der Waals surface area contributed by atoms with Crippen LogP contribution in [0, 0.1) is 0 Å². The zero-order valence-corrected chi connectivity index (χ0v) is 18.0. The molecule has 0 spiro atoms. The highest BCUT2D eigenvalue weighted by molar-refractivity contribution is 9.10. The van der Waals surface area contributed by atoms with Crippen LogP contribution in [0.15, 0.2) is 53.0 Å². The minimum Gasteiger partial charge on any atom is -0.387 e.